The van der Waals surface area contributed by atoms with Crippen LogP contribution in [0.3, 0.4) is 0 Å². The van der Waals surface area contributed by atoms with Gasteiger partial charge in [-0.3, -0.25) is 0 Å². The van der Waals surface area contributed by atoms with Crippen LogP contribution in [0.1, 0.15) is 30.9 Å². The van der Waals surface area contributed by atoms with Gasteiger partial charge in [0.1, 0.15) is 11.2 Å². The molecule has 0 saturated heterocycles. The maximum atomic E-state index is 5.70. The number of furan rings is 1. The minimum atomic E-state index is 0.450. The first-order chi connectivity index (χ1) is 9.72. The number of unbranched alkanes of at least 4 members (excludes halogenated alkanes) is 1. The fourth-order valence-corrected chi connectivity index (χ4v) is 2.52. The molecule has 3 rings (SSSR count). The van der Waals surface area contributed by atoms with E-state index in [-0.39, 0.29) is 0 Å². The Morgan fingerprint density at radius 1 is 1.15 bits per heavy atom. The third kappa shape index (κ3) is 2.07. The fourth-order valence-electron chi connectivity index (χ4n) is 2.52. The van der Waals surface area contributed by atoms with E-state index in [2.05, 4.69) is 18.1 Å². The molecule has 0 atom stereocenters. The predicted octanol–water partition coefficient (Wildman–Crippen LogP) is 3.60. The molecule has 0 aliphatic rings. The predicted molar refractivity (Wildman–Crippen MR) is 79.1 cm³/mol. The van der Waals surface area contributed by atoms with Crippen molar-refractivity contribution in [1.29, 1.82) is 0 Å². The summed E-state index contributed by atoms with van der Waals surface area (Å²) in [5, 5.41) is 5.92. The van der Waals surface area contributed by atoms with Crippen molar-refractivity contribution in [1.82, 2.24) is 0 Å². The number of benzene rings is 1. The Kier molecular flexibility index (Phi) is 3.22. The van der Waals surface area contributed by atoms with Crippen molar-refractivity contribution < 1.29 is 8.83 Å². The van der Waals surface area contributed by atoms with Crippen molar-refractivity contribution in [2.75, 3.05) is 0 Å². The van der Waals surface area contributed by atoms with E-state index in [1.165, 1.54) is 5.56 Å². The Hall–Kier alpha value is -2.23. The lowest BCUT2D eigenvalue weighted by molar-refractivity contribution is 0.533. The highest BCUT2D eigenvalue weighted by atomic mass is 16.3. The average molecular weight is 270 g/mol. The van der Waals surface area contributed by atoms with Gasteiger partial charge in [-0.15, -0.1) is 5.10 Å². The van der Waals surface area contributed by atoms with Crippen molar-refractivity contribution in [3.63, 3.8) is 0 Å². The van der Waals surface area contributed by atoms with Crippen molar-refractivity contribution in [2.24, 2.45) is 10.9 Å². The quantitative estimate of drug-likeness (QED) is 0.584. The molecule has 0 aliphatic carbocycles. The summed E-state index contributed by atoms with van der Waals surface area (Å²) in [5.74, 6) is 5.36. The zero-order valence-corrected chi connectivity index (χ0v) is 11.8. The van der Waals surface area contributed by atoms with Gasteiger partial charge in [-0.2, -0.15) is 0 Å². The molecule has 0 fully saturated rings. The highest BCUT2D eigenvalue weighted by Crippen LogP contribution is 2.28. The van der Waals surface area contributed by atoms with Crippen LogP contribution in [0.5, 0.6) is 0 Å². The van der Waals surface area contributed by atoms with E-state index in [1.807, 2.05) is 19.1 Å². The van der Waals surface area contributed by atoms with Crippen LogP contribution < -0.4 is 11.4 Å². The molecule has 0 bridgehead atoms. The summed E-state index contributed by atoms with van der Waals surface area (Å²) in [4.78, 5) is 0. The normalized spacial score (nSPS) is 12.6. The average Bonchev–Trinajstić information content (AvgIpc) is 2.83. The summed E-state index contributed by atoms with van der Waals surface area (Å²) in [6.07, 6.45) is 5.04. The van der Waals surface area contributed by atoms with E-state index in [4.69, 9.17) is 14.7 Å². The van der Waals surface area contributed by atoms with Crippen LogP contribution in [-0.4, -0.2) is 0 Å². The van der Waals surface area contributed by atoms with E-state index in [0.29, 0.717) is 5.55 Å². The summed E-state index contributed by atoms with van der Waals surface area (Å²) >= 11 is 0. The van der Waals surface area contributed by atoms with Crippen molar-refractivity contribution in [2.45, 2.75) is 33.1 Å². The van der Waals surface area contributed by atoms with Crippen LogP contribution in [0.25, 0.3) is 21.9 Å². The molecule has 3 aromatic rings. The number of nitrogens with zero attached hydrogens (tertiary/aromatic N) is 1. The molecule has 2 N–H and O–H groups in total. The van der Waals surface area contributed by atoms with Crippen LogP contribution in [0, 0.1) is 6.92 Å². The topological polar surface area (TPSA) is 64.7 Å². The highest BCUT2D eigenvalue weighted by molar-refractivity contribution is 5.96. The molecule has 2 aromatic heterocycles. The van der Waals surface area contributed by atoms with Gasteiger partial charge in [-0.25, -0.2) is 0 Å². The van der Waals surface area contributed by atoms with Crippen LogP contribution in [0.4, 0.5) is 0 Å². The molecule has 0 radical (unpaired) electrons. The van der Waals surface area contributed by atoms with Gasteiger partial charge in [0.2, 0.25) is 5.55 Å². The van der Waals surface area contributed by atoms with Gasteiger partial charge in [-0.1, -0.05) is 13.3 Å². The minimum absolute atomic E-state index is 0.450. The monoisotopic (exact) mass is 270 g/mol. The van der Waals surface area contributed by atoms with E-state index in [0.717, 1.165) is 46.8 Å². The zero-order valence-electron chi connectivity index (χ0n) is 11.8. The lowest BCUT2D eigenvalue weighted by Gasteiger charge is -2.06. The second kappa shape index (κ2) is 5.04. The second-order valence-corrected chi connectivity index (χ2v) is 5.11. The Bertz CT molecular complexity index is 827. The molecule has 1 aromatic carbocycles. The molecule has 0 saturated carbocycles. The minimum Gasteiger partial charge on any atom is -0.464 e. The number of rotatable bonds is 3. The second-order valence-electron chi connectivity index (χ2n) is 5.11. The van der Waals surface area contributed by atoms with E-state index >= 15 is 0 Å². The van der Waals surface area contributed by atoms with E-state index < -0.39 is 0 Å². The summed E-state index contributed by atoms with van der Waals surface area (Å²) in [6, 6.07) is 5.99. The number of fused-ring (bicyclic) bond motifs is 2. The molecule has 0 amide bonds. The molecule has 4 nitrogen and oxygen atoms in total. The zero-order chi connectivity index (χ0) is 14.1. The maximum Gasteiger partial charge on any atom is 0.236 e. The van der Waals surface area contributed by atoms with Crippen LogP contribution in [0.15, 0.2) is 38.4 Å². The summed E-state index contributed by atoms with van der Waals surface area (Å²) in [5.41, 5.74) is 4.40. The molecule has 0 aliphatic heterocycles. The smallest absolute Gasteiger partial charge is 0.236 e. The molecule has 0 unspecified atom stereocenters. The first-order valence-electron chi connectivity index (χ1n) is 6.91. The van der Waals surface area contributed by atoms with E-state index in [9.17, 15) is 0 Å². The van der Waals surface area contributed by atoms with Gasteiger partial charge in [0, 0.05) is 22.9 Å². The molecular weight excluding hydrogens is 252 g/mol. The first kappa shape index (κ1) is 12.8. The number of aryl methyl sites for hydroxylation is 2. The van der Waals surface area contributed by atoms with Crippen LogP contribution in [-0.2, 0) is 6.42 Å². The molecular formula is C16H18N2O2. The van der Waals surface area contributed by atoms with Gasteiger partial charge in [0.05, 0.1) is 6.26 Å². The molecule has 4 heteroatoms. The van der Waals surface area contributed by atoms with E-state index in [1.54, 1.807) is 6.26 Å². The highest BCUT2D eigenvalue weighted by Gasteiger charge is 2.10. The molecule has 0 spiro atoms. The summed E-state index contributed by atoms with van der Waals surface area (Å²) in [7, 11) is 0. The Morgan fingerprint density at radius 2 is 2.00 bits per heavy atom. The Balaban J connectivity index is 2.33. The lowest BCUT2D eigenvalue weighted by Crippen LogP contribution is -2.06. The van der Waals surface area contributed by atoms with Crippen molar-refractivity contribution >= 4 is 21.9 Å². The van der Waals surface area contributed by atoms with Crippen LogP contribution in [0.2, 0.25) is 0 Å². The standard InChI is InChI=1S/C16H18N2O2/c1-3-4-5-11-6-16(18-17)20-15-8-14-12(7-13(11)15)10(2)9-19-14/h6-9H,3-5,17H2,1-2H3/b18-16+. The maximum absolute atomic E-state index is 5.70. The fraction of sp³-hybridized carbons (Fsp3) is 0.312. The third-order valence-electron chi connectivity index (χ3n) is 3.65. The Labute approximate surface area is 116 Å². The van der Waals surface area contributed by atoms with Gasteiger partial charge in [0.15, 0.2) is 0 Å². The molecule has 104 valence electrons. The third-order valence-corrected chi connectivity index (χ3v) is 3.65. The Morgan fingerprint density at radius 3 is 2.75 bits per heavy atom. The van der Waals surface area contributed by atoms with Crippen molar-refractivity contribution in [3.05, 3.63) is 41.1 Å². The number of hydrogen-bond acceptors (Lipinski definition) is 4. The first-order valence-corrected chi connectivity index (χ1v) is 6.91. The SMILES string of the molecule is CCCCc1c/c(=N\N)oc2cc3occ(C)c3cc12. The van der Waals surface area contributed by atoms with Gasteiger partial charge >= 0.3 is 0 Å². The summed E-state index contributed by atoms with van der Waals surface area (Å²) < 4.78 is 11.2. The van der Waals surface area contributed by atoms with Gasteiger partial charge in [0.25, 0.3) is 0 Å². The lowest BCUT2D eigenvalue weighted by atomic mass is 10.0. The molecule has 20 heavy (non-hydrogen) atoms. The molecule has 2 heterocycles. The van der Waals surface area contributed by atoms with Gasteiger partial charge < -0.3 is 14.7 Å². The van der Waals surface area contributed by atoms with Crippen molar-refractivity contribution in [3.8, 4) is 0 Å². The largest absolute Gasteiger partial charge is 0.464 e. The summed E-state index contributed by atoms with van der Waals surface area (Å²) in [6.45, 7) is 4.23. The van der Waals surface area contributed by atoms with Crippen LogP contribution >= 0.6 is 0 Å². The van der Waals surface area contributed by atoms with Gasteiger partial charge in [-0.05, 0) is 37.0 Å². The number of nitrogens with two attached hydrogens (primary N) is 1. The number of hydrogen-bond donors (Lipinski definition) is 1.